The lowest BCUT2D eigenvalue weighted by atomic mass is 10.0. The maximum Gasteiger partial charge on any atom is 0.261 e. The lowest BCUT2D eigenvalue weighted by Gasteiger charge is -2.16. The van der Waals surface area contributed by atoms with Gasteiger partial charge in [-0.3, -0.25) is 14.4 Å². The SMILES string of the molecule is Cc1cc(C(=O)NCc2ccc(-c3nc(N(C)C)ncc3C(=O)N(C)C)cc2)c(=O)[nH]c1C. The van der Waals surface area contributed by atoms with Gasteiger partial charge in [-0.1, -0.05) is 24.3 Å². The molecule has 0 aliphatic carbocycles. The molecule has 3 aromatic rings. The van der Waals surface area contributed by atoms with Gasteiger partial charge < -0.3 is 20.1 Å². The van der Waals surface area contributed by atoms with Gasteiger partial charge in [-0.05, 0) is 31.0 Å². The smallest absolute Gasteiger partial charge is 0.261 e. The van der Waals surface area contributed by atoms with Crippen molar-refractivity contribution in [3.05, 3.63) is 74.8 Å². The lowest BCUT2D eigenvalue weighted by molar-refractivity contribution is 0.0827. The minimum Gasteiger partial charge on any atom is -0.348 e. The minimum absolute atomic E-state index is 0.0822. The second-order valence-electron chi connectivity index (χ2n) is 8.23. The van der Waals surface area contributed by atoms with Crippen LogP contribution in [0.2, 0.25) is 0 Å². The van der Waals surface area contributed by atoms with E-state index in [-0.39, 0.29) is 18.0 Å². The third-order valence-electron chi connectivity index (χ3n) is 5.24. The molecule has 9 heteroatoms. The van der Waals surface area contributed by atoms with Gasteiger partial charge in [-0.25, -0.2) is 9.97 Å². The first-order valence-electron chi connectivity index (χ1n) is 10.4. The molecule has 2 heterocycles. The van der Waals surface area contributed by atoms with Crippen LogP contribution < -0.4 is 15.8 Å². The van der Waals surface area contributed by atoms with Crippen LogP contribution in [0.3, 0.4) is 0 Å². The van der Waals surface area contributed by atoms with E-state index in [9.17, 15) is 14.4 Å². The topological polar surface area (TPSA) is 111 Å². The Morgan fingerprint density at radius 1 is 1.03 bits per heavy atom. The van der Waals surface area contributed by atoms with Crippen LogP contribution in [0.1, 0.15) is 37.5 Å². The van der Waals surface area contributed by atoms with Gasteiger partial charge in [0.1, 0.15) is 5.56 Å². The van der Waals surface area contributed by atoms with E-state index in [2.05, 4.69) is 20.3 Å². The fourth-order valence-electron chi connectivity index (χ4n) is 3.16. The highest BCUT2D eigenvalue weighted by Crippen LogP contribution is 2.24. The molecule has 0 fully saturated rings. The van der Waals surface area contributed by atoms with Crippen LogP contribution in [0.25, 0.3) is 11.3 Å². The largest absolute Gasteiger partial charge is 0.348 e. The van der Waals surface area contributed by atoms with Crippen molar-refractivity contribution in [2.45, 2.75) is 20.4 Å². The molecule has 0 bridgehead atoms. The monoisotopic (exact) mass is 448 g/mol. The predicted octanol–water partition coefficient (Wildman–Crippen LogP) is 2.15. The molecule has 0 saturated heterocycles. The number of pyridine rings is 1. The number of rotatable bonds is 6. The van der Waals surface area contributed by atoms with Gasteiger partial charge >= 0.3 is 0 Å². The van der Waals surface area contributed by atoms with Gasteiger partial charge in [0.25, 0.3) is 17.4 Å². The number of hydrogen-bond acceptors (Lipinski definition) is 6. The molecule has 0 atom stereocenters. The average Bonchev–Trinajstić information content (AvgIpc) is 2.79. The fraction of sp³-hybridized carbons (Fsp3) is 0.292. The molecule has 2 N–H and O–H groups in total. The predicted molar refractivity (Wildman–Crippen MR) is 128 cm³/mol. The van der Waals surface area contributed by atoms with E-state index in [0.29, 0.717) is 17.2 Å². The molecular weight excluding hydrogens is 420 g/mol. The first-order valence-corrected chi connectivity index (χ1v) is 10.4. The Labute approximate surface area is 192 Å². The van der Waals surface area contributed by atoms with Gasteiger partial charge in [0.2, 0.25) is 5.95 Å². The summed E-state index contributed by atoms with van der Waals surface area (Å²) in [6.45, 7) is 3.88. The Bertz CT molecular complexity index is 1250. The summed E-state index contributed by atoms with van der Waals surface area (Å²) in [6.07, 6.45) is 1.54. The summed E-state index contributed by atoms with van der Waals surface area (Å²) in [4.78, 5) is 52.0. The van der Waals surface area contributed by atoms with E-state index in [1.807, 2.05) is 45.3 Å². The van der Waals surface area contributed by atoms with Crippen molar-refractivity contribution in [1.82, 2.24) is 25.2 Å². The number of aromatic amines is 1. The van der Waals surface area contributed by atoms with Gasteiger partial charge in [0.05, 0.1) is 11.3 Å². The van der Waals surface area contributed by atoms with Crippen molar-refractivity contribution in [3.8, 4) is 11.3 Å². The van der Waals surface area contributed by atoms with Crippen LogP contribution in [0, 0.1) is 13.8 Å². The molecule has 0 unspecified atom stereocenters. The molecule has 3 rings (SSSR count). The number of anilines is 1. The van der Waals surface area contributed by atoms with E-state index in [1.165, 1.54) is 11.1 Å². The van der Waals surface area contributed by atoms with E-state index in [4.69, 9.17) is 0 Å². The first-order chi connectivity index (χ1) is 15.6. The van der Waals surface area contributed by atoms with Crippen LogP contribution in [-0.2, 0) is 6.54 Å². The van der Waals surface area contributed by atoms with Crippen LogP contribution >= 0.6 is 0 Å². The van der Waals surface area contributed by atoms with Crippen LogP contribution in [0.5, 0.6) is 0 Å². The van der Waals surface area contributed by atoms with Gasteiger partial charge in [0, 0.05) is 52.2 Å². The molecule has 172 valence electrons. The highest BCUT2D eigenvalue weighted by Gasteiger charge is 2.18. The van der Waals surface area contributed by atoms with Crippen molar-refractivity contribution in [2.75, 3.05) is 33.1 Å². The average molecular weight is 449 g/mol. The summed E-state index contributed by atoms with van der Waals surface area (Å²) >= 11 is 0. The second kappa shape index (κ2) is 9.64. The molecule has 0 aliphatic rings. The highest BCUT2D eigenvalue weighted by atomic mass is 16.2. The molecule has 2 amide bonds. The van der Waals surface area contributed by atoms with Crippen molar-refractivity contribution < 1.29 is 9.59 Å². The summed E-state index contributed by atoms with van der Waals surface area (Å²) in [7, 11) is 7.02. The first kappa shape index (κ1) is 23.6. The number of nitrogens with zero attached hydrogens (tertiary/aromatic N) is 4. The normalized spacial score (nSPS) is 10.6. The Morgan fingerprint density at radius 3 is 2.30 bits per heavy atom. The quantitative estimate of drug-likeness (QED) is 0.598. The van der Waals surface area contributed by atoms with Crippen molar-refractivity contribution in [2.24, 2.45) is 0 Å². The molecular formula is C24H28N6O3. The van der Waals surface area contributed by atoms with Crippen LogP contribution in [-0.4, -0.2) is 59.9 Å². The third kappa shape index (κ3) is 5.25. The van der Waals surface area contributed by atoms with E-state index in [1.54, 1.807) is 32.0 Å². The number of nitrogens with one attached hydrogen (secondary N) is 2. The zero-order valence-electron chi connectivity index (χ0n) is 19.7. The Balaban J connectivity index is 1.82. The van der Waals surface area contributed by atoms with Crippen LogP contribution in [0.15, 0.2) is 41.3 Å². The maximum atomic E-state index is 12.6. The van der Waals surface area contributed by atoms with Gasteiger partial charge in [-0.15, -0.1) is 0 Å². The number of amides is 2. The second-order valence-corrected chi connectivity index (χ2v) is 8.23. The highest BCUT2D eigenvalue weighted by molar-refractivity contribution is 5.99. The fourth-order valence-corrected chi connectivity index (χ4v) is 3.16. The molecule has 0 radical (unpaired) electrons. The summed E-state index contributed by atoms with van der Waals surface area (Å²) in [5.74, 6) is -0.130. The van der Waals surface area contributed by atoms with E-state index >= 15 is 0 Å². The van der Waals surface area contributed by atoms with Crippen molar-refractivity contribution in [1.29, 1.82) is 0 Å². The maximum absolute atomic E-state index is 12.6. The molecule has 9 nitrogen and oxygen atoms in total. The van der Waals surface area contributed by atoms with E-state index in [0.717, 1.165) is 22.4 Å². The Morgan fingerprint density at radius 2 is 1.70 bits per heavy atom. The Kier molecular flexibility index (Phi) is 6.91. The summed E-state index contributed by atoms with van der Waals surface area (Å²) in [5, 5.41) is 2.78. The Hall–Kier alpha value is -4.01. The molecule has 1 aromatic carbocycles. The standard InChI is InChI=1S/C24H28N6O3/c1-14-11-18(22(32)27-15(14)2)21(31)25-12-16-7-9-17(10-8-16)20-19(23(33)29(3)4)13-26-24(28-20)30(5)6/h7-11,13H,12H2,1-6H3,(H,25,31)(H,27,32). The number of H-pyrrole nitrogens is 1. The molecule has 0 saturated carbocycles. The lowest BCUT2D eigenvalue weighted by Crippen LogP contribution is -2.29. The summed E-state index contributed by atoms with van der Waals surface area (Å²) < 4.78 is 0. The number of benzene rings is 1. The number of aryl methyl sites for hydroxylation is 2. The molecule has 0 spiro atoms. The molecule has 0 aliphatic heterocycles. The van der Waals surface area contributed by atoms with Crippen LogP contribution in [0.4, 0.5) is 5.95 Å². The van der Waals surface area contributed by atoms with Crippen molar-refractivity contribution in [3.63, 3.8) is 0 Å². The number of aromatic nitrogens is 3. The number of carbonyl (C=O) groups excluding carboxylic acids is 2. The number of hydrogen-bond donors (Lipinski definition) is 2. The molecule has 2 aromatic heterocycles. The van der Waals surface area contributed by atoms with Gasteiger partial charge in [0.15, 0.2) is 0 Å². The van der Waals surface area contributed by atoms with Gasteiger partial charge in [-0.2, -0.15) is 0 Å². The summed E-state index contributed by atoms with van der Waals surface area (Å²) in [5.41, 5.74) is 3.78. The van der Waals surface area contributed by atoms with E-state index < -0.39 is 11.5 Å². The summed E-state index contributed by atoms with van der Waals surface area (Å²) in [6, 6.07) is 8.98. The molecule has 33 heavy (non-hydrogen) atoms. The zero-order valence-corrected chi connectivity index (χ0v) is 19.7. The minimum atomic E-state index is -0.436. The van der Waals surface area contributed by atoms with Crippen molar-refractivity contribution >= 4 is 17.8 Å². The third-order valence-corrected chi connectivity index (χ3v) is 5.24. The number of carbonyl (C=O) groups is 2. The zero-order chi connectivity index (χ0) is 24.3.